The van der Waals surface area contributed by atoms with Crippen LogP contribution < -0.4 is 0 Å². The normalized spacial score (nSPS) is 12.9. The molecule has 7 nitrogen and oxygen atoms in total. The van der Waals surface area contributed by atoms with Crippen LogP contribution >= 0.6 is 0 Å². The van der Waals surface area contributed by atoms with Gasteiger partial charge in [-0.15, -0.1) is 0 Å². The fourth-order valence-corrected chi connectivity index (χ4v) is 2.06. The quantitative estimate of drug-likeness (QED) is 0.132. The van der Waals surface area contributed by atoms with E-state index in [1.165, 1.54) is 0 Å². The molecule has 7 heteroatoms. The molecule has 0 amide bonds. The Bertz CT molecular complexity index is 589. The van der Waals surface area contributed by atoms with Crippen LogP contribution in [-0.2, 0) is 4.79 Å². The molecule has 0 spiro atoms. The van der Waals surface area contributed by atoms with E-state index in [-0.39, 0.29) is 12.7 Å². The molecule has 0 atom stereocenters. The number of carbonyl (C=O) groups is 1. The minimum atomic E-state index is -2.74. The lowest BCUT2D eigenvalue weighted by atomic mass is 10.1. The van der Waals surface area contributed by atoms with Crippen LogP contribution in [0.5, 0.6) is 0 Å². The van der Waals surface area contributed by atoms with Crippen molar-refractivity contribution in [3.05, 3.63) is 81.0 Å². The molecule has 0 heterocycles. The van der Waals surface area contributed by atoms with Gasteiger partial charge in [0.15, 0.2) is 0 Å². The molecule has 0 aromatic carbocycles. The third-order valence-electron chi connectivity index (χ3n) is 3.66. The SMILES string of the molecule is CC/C=C/C/C=C/C/C=C/C/C=C/C/C=C/CCC(C=O)([N+](=O)[O-])[N+](=O)[O-]. The second-order valence-corrected chi connectivity index (χ2v) is 5.76. The summed E-state index contributed by atoms with van der Waals surface area (Å²) in [4.78, 5) is 30.0. The molecule has 0 rings (SSSR count). The molecule has 0 radical (unpaired) electrons. The van der Waals surface area contributed by atoms with E-state index in [2.05, 4.69) is 43.4 Å². The molecule has 0 aliphatic carbocycles. The van der Waals surface area contributed by atoms with Crippen LogP contribution in [0.25, 0.3) is 0 Å². The van der Waals surface area contributed by atoms with E-state index in [4.69, 9.17) is 0 Å². The van der Waals surface area contributed by atoms with Gasteiger partial charge in [-0.1, -0.05) is 67.7 Å². The largest absolute Gasteiger partial charge is 0.513 e. The summed E-state index contributed by atoms with van der Waals surface area (Å²) in [6, 6.07) is 0. The number of allylic oxidation sites excluding steroid dienone is 10. The molecule has 0 aromatic rings. The van der Waals surface area contributed by atoms with Crippen molar-refractivity contribution in [2.24, 2.45) is 0 Å². The van der Waals surface area contributed by atoms with Crippen LogP contribution in [0, 0.1) is 20.2 Å². The molecule has 0 aliphatic rings. The highest BCUT2D eigenvalue weighted by molar-refractivity contribution is 5.59. The zero-order valence-electron chi connectivity index (χ0n) is 15.7. The summed E-state index contributed by atoms with van der Waals surface area (Å²) in [5.74, 6) is 0. The zero-order chi connectivity index (χ0) is 20.4. The maximum Gasteiger partial charge on any atom is 0.513 e. The minimum Gasteiger partial charge on any atom is -0.287 e. The molecule has 0 N–H and O–H groups in total. The molecule has 148 valence electrons. The lowest BCUT2D eigenvalue weighted by Gasteiger charge is -2.09. The molecule has 27 heavy (non-hydrogen) atoms. The van der Waals surface area contributed by atoms with Crippen molar-refractivity contribution in [3.63, 3.8) is 0 Å². The van der Waals surface area contributed by atoms with E-state index in [9.17, 15) is 25.0 Å². The van der Waals surface area contributed by atoms with E-state index in [1.807, 2.05) is 12.2 Å². The van der Waals surface area contributed by atoms with Crippen LogP contribution in [0.15, 0.2) is 60.8 Å². The van der Waals surface area contributed by atoms with Gasteiger partial charge in [-0.3, -0.25) is 25.0 Å². The summed E-state index contributed by atoms with van der Waals surface area (Å²) in [6.45, 7) is 2.11. The second-order valence-electron chi connectivity index (χ2n) is 5.76. The monoisotopic (exact) mass is 376 g/mol. The smallest absolute Gasteiger partial charge is 0.287 e. The summed E-state index contributed by atoms with van der Waals surface area (Å²) in [7, 11) is 0. The van der Waals surface area contributed by atoms with E-state index in [1.54, 1.807) is 12.2 Å². The molecular weight excluding hydrogens is 348 g/mol. The van der Waals surface area contributed by atoms with Gasteiger partial charge < -0.3 is 0 Å². The first-order valence-electron chi connectivity index (χ1n) is 9.01. The number of hydrogen-bond acceptors (Lipinski definition) is 5. The van der Waals surface area contributed by atoms with Gasteiger partial charge >= 0.3 is 5.66 Å². The molecule has 0 saturated carbocycles. The van der Waals surface area contributed by atoms with Gasteiger partial charge in [0.1, 0.15) is 16.3 Å². The third-order valence-corrected chi connectivity index (χ3v) is 3.66. The van der Waals surface area contributed by atoms with E-state index in [0.717, 1.165) is 25.7 Å². The summed E-state index contributed by atoms with van der Waals surface area (Å²) in [5, 5.41) is 21.5. The van der Waals surface area contributed by atoms with Crippen LogP contribution in [-0.4, -0.2) is 21.8 Å². The van der Waals surface area contributed by atoms with Gasteiger partial charge in [0.05, 0.1) is 0 Å². The Morgan fingerprint density at radius 1 is 0.704 bits per heavy atom. The summed E-state index contributed by atoms with van der Waals surface area (Å²) < 4.78 is 0. The lowest BCUT2D eigenvalue weighted by Crippen LogP contribution is -2.47. The fourth-order valence-electron chi connectivity index (χ4n) is 2.06. The summed E-state index contributed by atoms with van der Waals surface area (Å²) in [6.07, 6.45) is 23.8. The predicted octanol–water partition coefficient (Wildman–Crippen LogP) is 4.97. The Morgan fingerprint density at radius 3 is 1.41 bits per heavy atom. The molecule has 0 saturated heterocycles. The highest BCUT2D eigenvalue weighted by Gasteiger charge is 2.55. The average Bonchev–Trinajstić information content (AvgIpc) is 2.64. The van der Waals surface area contributed by atoms with Crippen molar-refractivity contribution in [3.8, 4) is 0 Å². The maximum absolute atomic E-state index is 10.8. The highest BCUT2D eigenvalue weighted by atomic mass is 16.7. The van der Waals surface area contributed by atoms with Crippen LogP contribution in [0.1, 0.15) is 51.9 Å². The van der Waals surface area contributed by atoms with E-state index < -0.39 is 21.9 Å². The molecular formula is C20H28N2O5. The van der Waals surface area contributed by atoms with Crippen LogP contribution in [0.3, 0.4) is 0 Å². The molecule has 0 aromatic heterocycles. The number of carbonyl (C=O) groups excluding carboxylic acids is 1. The summed E-state index contributed by atoms with van der Waals surface area (Å²) in [5.41, 5.74) is -2.74. The highest BCUT2D eigenvalue weighted by Crippen LogP contribution is 2.16. The van der Waals surface area contributed by atoms with Gasteiger partial charge in [0.25, 0.3) is 6.29 Å². The molecule has 0 aliphatic heterocycles. The second kappa shape index (κ2) is 15.4. The van der Waals surface area contributed by atoms with E-state index in [0.29, 0.717) is 6.42 Å². The first kappa shape index (κ1) is 24.2. The Morgan fingerprint density at radius 2 is 1.07 bits per heavy atom. The lowest BCUT2D eigenvalue weighted by molar-refractivity contribution is -0.774. The van der Waals surface area contributed by atoms with Crippen molar-refractivity contribution < 1.29 is 14.6 Å². The first-order chi connectivity index (χ1) is 13.0. The van der Waals surface area contributed by atoms with Crippen molar-refractivity contribution >= 4 is 6.29 Å². The van der Waals surface area contributed by atoms with Gasteiger partial charge in [0.2, 0.25) is 0 Å². The van der Waals surface area contributed by atoms with Gasteiger partial charge in [-0.2, -0.15) is 0 Å². The minimum absolute atomic E-state index is 0.0915. The number of rotatable bonds is 15. The maximum atomic E-state index is 10.8. The van der Waals surface area contributed by atoms with Gasteiger partial charge in [0, 0.05) is 0 Å². The van der Waals surface area contributed by atoms with Crippen LogP contribution in [0.4, 0.5) is 0 Å². The average molecular weight is 376 g/mol. The molecule has 0 fully saturated rings. The van der Waals surface area contributed by atoms with Gasteiger partial charge in [-0.05, 0) is 38.5 Å². The molecule has 0 bridgehead atoms. The zero-order valence-corrected chi connectivity index (χ0v) is 15.7. The van der Waals surface area contributed by atoms with Gasteiger partial charge in [-0.25, -0.2) is 0 Å². The Hall–Kier alpha value is -2.83. The molecule has 0 unspecified atom stereocenters. The third kappa shape index (κ3) is 10.7. The Kier molecular flexibility index (Phi) is 13.8. The van der Waals surface area contributed by atoms with Crippen molar-refractivity contribution in [2.45, 2.75) is 57.5 Å². The fraction of sp³-hybridized carbons (Fsp3) is 0.450. The number of hydrogen-bond donors (Lipinski definition) is 0. The topological polar surface area (TPSA) is 103 Å². The summed E-state index contributed by atoms with van der Waals surface area (Å²) >= 11 is 0. The predicted molar refractivity (Wildman–Crippen MR) is 106 cm³/mol. The number of nitro groups is 2. The van der Waals surface area contributed by atoms with Crippen molar-refractivity contribution in [1.82, 2.24) is 0 Å². The Labute approximate surface area is 160 Å². The Balaban J connectivity index is 3.98. The van der Waals surface area contributed by atoms with E-state index >= 15 is 0 Å². The van der Waals surface area contributed by atoms with Crippen molar-refractivity contribution in [2.75, 3.05) is 0 Å². The number of aldehydes is 1. The van der Waals surface area contributed by atoms with Crippen LogP contribution in [0.2, 0.25) is 0 Å². The standard InChI is InChI=1S/C20H28N2O5/c1-2-3-4-5-6-7-8-9-10-11-12-13-14-15-16-17-18-20(19-23,21(24)25)22(26)27/h3-4,6-7,9-10,12-13,15-16,19H,2,5,8,11,14,17-18H2,1H3/b4-3+,7-6+,10-9+,13-12+,16-15+. The number of nitrogens with zero attached hydrogens (tertiary/aromatic N) is 2. The van der Waals surface area contributed by atoms with Crippen molar-refractivity contribution in [1.29, 1.82) is 0 Å². The first-order valence-corrected chi connectivity index (χ1v) is 9.01.